The molecule has 0 aliphatic heterocycles. The monoisotopic (exact) mass is 576 g/mol. The van der Waals surface area contributed by atoms with Gasteiger partial charge in [-0.3, -0.25) is 24.0 Å². The first-order chi connectivity index (χ1) is 17.5. The number of carbonyl (C=O) groups is 3. The Bertz CT molecular complexity index is 1200. The van der Waals surface area contributed by atoms with Gasteiger partial charge in [-0.05, 0) is 38.0 Å². The Labute approximate surface area is 228 Å². The first kappa shape index (κ1) is 29.9. The number of aliphatic carboxylic acids is 1. The number of hydrogen-bond acceptors (Lipinski definition) is 5. The van der Waals surface area contributed by atoms with E-state index in [2.05, 4.69) is 10.1 Å². The molecule has 1 fully saturated rings. The van der Waals surface area contributed by atoms with Crippen LogP contribution in [0.4, 0.5) is 13.2 Å². The summed E-state index contributed by atoms with van der Waals surface area (Å²) in [5.41, 5.74) is -2.59. The lowest BCUT2D eigenvalue weighted by atomic mass is 9.86. The van der Waals surface area contributed by atoms with Gasteiger partial charge in [-0.25, -0.2) is 0 Å². The van der Waals surface area contributed by atoms with Crippen LogP contribution in [0.2, 0.25) is 10.0 Å². The highest BCUT2D eigenvalue weighted by Gasteiger charge is 2.44. The second kappa shape index (κ2) is 11.2. The zero-order chi connectivity index (χ0) is 28.6. The summed E-state index contributed by atoms with van der Waals surface area (Å²) in [7, 11) is 0. The average Bonchev–Trinajstić information content (AvgIpc) is 3.27. The number of nitrogens with zero attached hydrogens (tertiary/aromatic N) is 4. The molecule has 38 heavy (non-hydrogen) atoms. The summed E-state index contributed by atoms with van der Waals surface area (Å²) in [6, 6.07) is -1.39. The lowest BCUT2D eigenvalue weighted by Gasteiger charge is -2.37. The SMILES string of the molecule is C[C@@H](N(CC(=O)c1c(Cl)cncc1Cl)C(=O)c1cnn([C@H]2CC[C@H](C(=O)O)CC2)c1C(F)(F)F)C(C)(C)C. The largest absolute Gasteiger partial charge is 0.481 e. The summed E-state index contributed by atoms with van der Waals surface area (Å²) in [6.45, 7) is 6.45. The van der Waals surface area contributed by atoms with Crippen LogP contribution >= 0.6 is 23.2 Å². The summed E-state index contributed by atoms with van der Waals surface area (Å²) in [5, 5.41) is 13.1. The van der Waals surface area contributed by atoms with Gasteiger partial charge in [-0.1, -0.05) is 44.0 Å². The zero-order valence-electron chi connectivity index (χ0n) is 21.4. The van der Waals surface area contributed by atoms with E-state index in [1.54, 1.807) is 27.7 Å². The van der Waals surface area contributed by atoms with E-state index in [9.17, 15) is 32.7 Å². The molecule has 0 aromatic carbocycles. The number of alkyl halides is 3. The van der Waals surface area contributed by atoms with Crippen LogP contribution < -0.4 is 0 Å². The minimum atomic E-state index is -4.93. The second-order valence-electron chi connectivity index (χ2n) is 10.6. The molecule has 1 aliphatic carbocycles. The van der Waals surface area contributed by atoms with Crippen molar-refractivity contribution in [2.75, 3.05) is 6.54 Å². The standard InChI is InChI=1S/C25H29Cl2F3N4O4/c1-13(24(2,3)4)33(12-19(35)20-17(26)10-31-11-18(20)27)22(36)16-9-32-34(21(16)25(28,29)30)15-7-5-14(6-8-15)23(37)38/h9-11,13-15H,5-8,12H2,1-4H3,(H,37,38)/t13-,14-,15-/m1/s1. The van der Waals surface area contributed by atoms with Crippen LogP contribution in [0.3, 0.4) is 0 Å². The summed E-state index contributed by atoms with van der Waals surface area (Å²) in [5.74, 6) is -3.28. The molecule has 0 radical (unpaired) electrons. The Kier molecular flexibility index (Phi) is 8.82. The predicted octanol–water partition coefficient (Wildman–Crippen LogP) is 6.18. The van der Waals surface area contributed by atoms with Crippen molar-refractivity contribution in [1.82, 2.24) is 19.7 Å². The number of ketones is 1. The molecule has 1 saturated carbocycles. The molecule has 208 valence electrons. The minimum absolute atomic E-state index is 0.0425. The summed E-state index contributed by atoms with van der Waals surface area (Å²) in [6.07, 6.45) is -0.873. The third-order valence-electron chi connectivity index (χ3n) is 7.11. The van der Waals surface area contributed by atoms with Crippen LogP contribution in [-0.2, 0) is 11.0 Å². The normalized spacial score (nSPS) is 19.2. The number of hydrogen-bond donors (Lipinski definition) is 1. The minimum Gasteiger partial charge on any atom is -0.481 e. The fraction of sp³-hybridized carbons (Fsp3) is 0.560. The molecule has 2 aromatic rings. The molecule has 2 heterocycles. The molecule has 13 heteroatoms. The van der Waals surface area contributed by atoms with Crippen molar-refractivity contribution in [3.8, 4) is 0 Å². The number of amides is 1. The van der Waals surface area contributed by atoms with Gasteiger partial charge in [-0.15, -0.1) is 0 Å². The quantitative estimate of drug-likeness (QED) is 0.394. The highest BCUT2D eigenvalue weighted by Crippen LogP contribution is 2.40. The fourth-order valence-electron chi connectivity index (χ4n) is 4.56. The Balaban J connectivity index is 2.02. The molecule has 3 rings (SSSR count). The van der Waals surface area contributed by atoms with Crippen molar-refractivity contribution < 1.29 is 32.7 Å². The Hall–Kier alpha value is -2.66. The number of carboxylic acids is 1. The van der Waals surface area contributed by atoms with Crippen molar-refractivity contribution in [3.63, 3.8) is 0 Å². The van der Waals surface area contributed by atoms with Crippen LogP contribution in [0.1, 0.15) is 85.8 Å². The molecule has 1 amide bonds. The second-order valence-corrected chi connectivity index (χ2v) is 11.4. The van der Waals surface area contributed by atoms with Crippen LogP contribution in [0.5, 0.6) is 0 Å². The molecule has 1 N–H and O–H groups in total. The van der Waals surface area contributed by atoms with E-state index in [1.165, 1.54) is 12.4 Å². The number of carbonyl (C=O) groups excluding carboxylic acids is 2. The van der Waals surface area contributed by atoms with Gasteiger partial charge in [0, 0.05) is 18.4 Å². The van der Waals surface area contributed by atoms with Gasteiger partial charge in [0.05, 0.1) is 45.9 Å². The predicted molar refractivity (Wildman–Crippen MR) is 134 cm³/mol. The van der Waals surface area contributed by atoms with Crippen LogP contribution in [0.15, 0.2) is 18.6 Å². The van der Waals surface area contributed by atoms with E-state index in [0.29, 0.717) is 0 Å². The van der Waals surface area contributed by atoms with Crippen LogP contribution in [0.25, 0.3) is 0 Å². The van der Waals surface area contributed by atoms with Gasteiger partial charge < -0.3 is 10.0 Å². The Morgan fingerprint density at radius 3 is 2.11 bits per heavy atom. The maximum absolute atomic E-state index is 14.4. The van der Waals surface area contributed by atoms with Crippen molar-refractivity contribution >= 4 is 40.9 Å². The van der Waals surface area contributed by atoms with Gasteiger partial charge in [0.15, 0.2) is 11.5 Å². The highest BCUT2D eigenvalue weighted by molar-refractivity contribution is 6.39. The lowest BCUT2D eigenvalue weighted by molar-refractivity contribution is -0.147. The summed E-state index contributed by atoms with van der Waals surface area (Å²) in [4.78, 5) is 43.1. The number of carboxylic acid groups (broad SMARTS) is 1. The van der Waals surface area contributed by atoms with E-state index >= 15 is 0 Å². The van der Waals surface area contributed by atoms with Crippen LogP contribution in [0, 0.1) is 11.3 Å². The number of aromatic nitrogens is 3. The maximum atomic E-state index is 14.4. The fourth-order valence-corrected chi connectivity index (χ4v) is 5.14. The molecular formula is C25H29Cl2F3N4O4. The Morgan fingerprint density at radius 1 is 1.08 bits per heavy atom. The number of rotatable bonds is 7. The first-order valence-corrected chi connectivity index (χ1v) is 12.8. The Morgan fingerprint density at radius 2 is 1.63 bits per heavy atom. The molecular weight excluding hydrogens is 548 g/mol. The summed E-state index contributed by atoms with van der Waals surface area (Å²) < 4.78 is 43.9. The maximum Gasteiger partial charge on any atom is 0.433 e. The molecule has 0 spiro atoms. The van der Waals surface area contributed by atoms with E-state index in [4.69, 9.17) is 23.2 Å². The zero-order valence-corrected chi connectivity index (χ0v) is 22.9. The molecule has 8 nitrogen and oxygen atoms in total. The average molecular weight is 577 g/mol. The van der Waals surface area contributed by atoms with E-state index < -0.39 is 65.1 Å². The lowest BCUT2D eigenvalue weighted by Crippen LogP contribution is -2.48. The van der Waals surface area contributed by atoms with E-state index in [0.717, 1.165) is 15.8 Å². The molecule has 0 bridgehead atoms. The summed E-state index contributed by atoms with van der Waals surface area (Å²) >= 11 is 12.2. The first-order valence-electron chi connectivity index (χ1n) is 12.0. The van der Waals surface area contributed by atoms with Gasteiger partial charge in [0.1, 0.15) is 0 Å². The molecule has 0 saturated heterocycles. The van der Waals surface area contributed by atoms with Gasteiger partial charge >= 0.3 is 12.1 Å². The third-order valence-corrected chi connectivity index (χ3v) is 7.69. The topological polar surface area (TPSA) is 105 Å². The van der Waals surface area contributed by atoms with E-state index in [1.807, 2.05) is 0 Å². The number of Topliss-reactive ketones (excluding diaryl/α,β-unsaturated/α-hetero) is 1. The number of halogens is 5. The third kappa shape index (κ3) is 6.31. The van der Waals surface area contributed by atoms with Crippen molar-refractivity contribution in [2.45, 2.75) is 71.6 Å². The van der Waals surface area contributed by atoms with Crippen molar-refractivity contribution in [2.24, 2.45) is 11.3 Å². The van der Waals surface area contributed by atoms with E-state index in [-0.39, 0.29) is 41.3 Å². The van der Waals surface area contributed by atoms with Crippen LogP contribution in [-0.4, -0.2) is 55.0 Å². The van der Waals surface area contributed by atoms with Gasteiger partial charge in [0.25, 0.3) is 5.91 Å². The van der Waals surface area contributed by atoms with Crippen molar-refractivity contribution in [1.29, 1.82) is 0 Å². The van der Waals surface area contributed by atoms with Crippen molar-refractivity contribution in [3.05, 3.63) is 45.5 Å². The molecule has 1 aliphatic rings. The van der Waals surface area contributed by atoms with Gasteiger partial charge in [0.2, 0.25) is 0 Å². The molecule has 0 unspecified atom stereocenters. The molecule has 1 atom stereocenters. The smallest absolute Gasteiger partial charge is 0.433 e. The number of pyridine rings is 1. The van der Waals surface area contributed by atoms with Gasteiger partial charge in [-0.2, -0.15) is 18.3 Å². The molecule has 2 aromatic heterocycles. The highest BCUT2D eigenvalue weighted by atomic mass is 35.5.